The van der Waals surface area contributed by atoms with Crippen molar-refractivity contribution < 1.29 is 0 Å². The van der Waals surface area contributed by atoms with Crippen LogP contribution < -0.4 is 0 Å². The second kappa shape index (κ2) is 3.14. The van der Waals surface area contributed by atoms with Gasteiger partial charge in [-0.05, 0) is 0 Å². The molecule has 0 spiro atoms. The van der Waals surface area contributed by atoms with E-state index in [0.717, 1.165) is 0 Å². The van der Waals surface area contributed by atoms with E-state index in [1.165, 1.54) is 0 Å². The molecular weight excluding hydrogens is 384 g/mol. The molecule has 0 bridgehead atoms. The predicted molar refractivity (Wildman–Crippen MR) is 40.8 cm³/mol. The van der Waals surface area contributed by atoms with E-state index in [0.29, 0.717) is 16.7 Å². The summed E-state index contributed by atoms with van der Waals surface area (Å²) in [5.74, 6) is 0. The van der Waals surface area contributed by atoms with Crippen LogP contribution in [0.25, 0.3) is 0 Å². The van der Waals surface area contributed by atoms with Gasteiger partial charge in [0.1, 0.15) is 0 Å². The van der Waals surface area contributed by atoms with Crippen LogP contribution in [0.2, 0.25) is 0 Å². The fourth-order valence-corrected chi connectivity index (χ4v) is 10.0. The van der Waals surface area contributed by atoms with Crippen LogP contribution in [0.15, 0.2) is 20.0 Å². The summed E-state index contributed by atoms with van der Waals surface area (Å²) in [6.07, 6.45) is 4.40. The Morgan fingerprint density at radius 3 is 2.50 bits per heavy atom. The molecule has 6 heavy (non-hydrogen) atoms. The van der Waals surface area contributed by atoms with E-state index in [1.807, 2.05) is 0 Å². The van der Waals surface area contributed by atoms with Gasteiger partial charge in [0.2, 0.25) is 0 Å². The van der Waals surface area contributed by atoms with Crippen LogP contribution in [-0.2, 0) is 0 Å². The summed E-state index contributed by atoms with van der Waals surface area (Å²) in [7, 11) is 0. The Labute approximate surface area is 55.1 Å². The average molecular weight is 390 g/mol. The molecule has 0 aliphatic carbocycles. The minimum atomic E-state index is -0.0255. The van der Waals surface area contributed by atoms with Crippen LogP contribution in [0.1, 0.15) is 0 Å². The van der Waals surface area contributed by atoms with Gasteiger partial charge in [-0.15, -0.1) is 0 Å². The van der Waals surface area contributed by atoms with E-state index in [4.69, 9.17) is 0 Å². The molecule has 0 nitrogen and oxygen atoms in total. The zero-order valence-electron chi connectivity index (χ0n) is 3.22. The third kappa shape index (κ3) is 1.70. The van der Waals surface area contributed by atoms with E-state index in [1.54, 1.807) is 0 Å². The van der Waals surface area contributed by atoms with Gasteiger partial charge in [-0.3, -0.25) is 0 Å². The zero-order chi connectivity index (χ0) is 4.24. The molecule has 0 atom stereocenters. The summed E-state index contributed by atoms with van der Waals surface area (Å²) in [4.78, 5) is 0. The van der Waals surface area contributed by atoms with Crippen LogP contribution in [0.4, 0.5) is 0 Å². The van der Waals surface area contributed by atoms with Crippen molar-refractivity contribution in [2.75, 3.05) is 0 Å². The second-order valence-electron chi connectivity index (χ2n) is 0.923. The monoisotopic (exact) mass is 390 g/mol. The summed E-state index contributed by atoms with van der Waals surface area (Å²) in [6, 6.07) is 0. The number of allylic oxidation sites excluding steroid dienone is 2. The molecule has 1 rings (SSSR count). The van der Waals surface area contributed by atoms with Crippen molar-refractivity contribution in [3.05, 3.63) is 20.0 Å². The van der Waals surface area contributed by atoms with E-state index in [-0.39, 0.29) is 19.0 Å². The van der Waals surface area contributed by atoms with Gasteiger partial charge in [0.15, 0.2) is 0 Å². The van der Waals surface area contributed by atoms with Crippen LogP contribution in [-0.4, -0.2) is 19.0 Å². The first-order valence-electron chi connectivity index (χ1n) is 1.73. The summed E-state index contributed by atoms with van der Waals surface area (Å²) in [5.41, 5.74) is 0. The Bertz CT molecular complexity index is 73.5. The first-order valence-corrected chi connectivity index (χ1v) is 17.1. The third-order valence-electron chi connectivity index (χ3n) is 0.490. The first kappa shape index (κ1) is 5.23. The Kier molecular flexibility index (Phi) is 2.74. The fourth-order valence-electron chi connectivity index (χ4n) is 0.258. The summed E-state index contributed by atoms with van der Waals surface area (Å²) in [5, 5.41) is 0. The first-order chi connectivity index (χ1) is 3.00. The Morgan fingerprint density at radius 2 is 2.33 bits per heavy atom. The van der Waals surface area contributed by atoms with E-state index in [2.05, 4.69) is 20.0 Å². The van der Waals surface area contributed by atoms with E-state index < -0.39 is 0 Å². The van der Waals surface area contributed by atoms with Crippen molar-refractivity contribution in [2.45, 2.75) is 0 Å². The van der Waals surface area contributed by atoms with Crippen LogP contribution >= 0.6 is 16.7 Å². The third-order valence-corrected chi connectivity index (χ3v) is 13.5. The van der Waals surface area contributed by atoms with Gasteiger partial charge in [-0.2, -0.15) is 0 Å². The average Bonchev–Trinajstić information content (AvgIpc) is 1.72. The molecule has 0 saturated heterocycles. The molecule has 34 valence electrons. The molecule has 0 aromatic carbocycles. The molecule has 1 heterocycles. The van der Waals surface area contributed by atoms with Crippen LogP contribution in [0, 0.1) is 0 Å². The topological polar surface area (TPSA) is 0 Å². The van der Waals surface area contributed by atoms with Gasteiger partial charge in [0.25, 0.3) is 0 Å². The molecular formula is C4H6BiI. The van der Waals surface area contributed by atoms with Crippen molar-refractivity contribution in [1.29, 1.82) is 0 Å². The summed E-state index contributed by atoms with van der Waals surface area (Å²) >= 11 is 0.474. The maximum atomic E-state index is 2.43. The molecule has 2 heteroatoms. The van der Waals surface area contributed by atoms with Gasteiger partial charge in [-0.1, -0.05) is 0 Å². The molecule has 0 amide bonds. The molecule has 0 saturated carbocycles. The zero-order valence-corrected chi connectivity index (χ0v) is 9.44. The normalized spacial score (nSPS) is 20.0. The Balaban J connectivity index is 2.46. The van der Waals surface area contributed by atoms with Gasteiger partial charge in [0, 0.05) is 0 Å². The van der Waals surface area contributed by atoms with Crippen molar-refractivity contribution in [3.8, 4) is 0 Å². The summed E-state index contributed by atoms with van der Waals surface area (Å²) in [6.45, 7) is 0. The minimum absolute atomic E-state index is 0.0255. The molecule has 0 radical (unpaired) electrons. The molecule has 1 aliphatic rings. The molecule has 1 aliphatic heterocycles. The second-order valence-corrected chi connectivity index (χ2v) is 16.6. The van der Waals surface area contributed by atoms with Crippen molar-refractivity contribution in [3.63, 3.8) is 0 Å². The number of hydrogen-bond donors (Lipinski definition) is 0. The van der Waals surface area contributed by atoms with Crippen LogP contribution in [0.3, 0.4) is 0 Å². The van der Waals surface area contributed by atoms with E-state index >= 15 is 0 Å². The van der Waals surface area contributed by atoms with Crippen molar-refractivity contribution >= 4 is 35.7 Å². The molecule has 0 aromatic heterocycles. The Morgan fingerprint density at radius 1 is 1.33 bits per heavy atom. The molecule has 0 N–H and O–H groups in total. The quantitative estimate of drug-likeness (QED) is 0.429. The standard InChI is InChI=1S/C4H5I.Bi.H/c1-2-3-4-5;;/h1-5H;;/q+1;-1;. The van der Waals surface area contributed by atoms with E-state index in [9.17, 15) is 0 Å². The van der Waals surface area contributed by atoms with Crippen molar-refractivity contribution in [1.82, 2.24) is 0 Å². The summed E-state index contributed by atoms with van der Waals surface area (Å²) < 4.78 is 4.83. The van der Waals surface area contributed by atoms with Crippen molar-refractivity contribution in [2.24, 2.45) is 0 Å². The van der Waals surface area contributed by atoms with Gasteiger partial charge < -0.3 is 0 Å². The Hall–Kier alpha value is 1.09. The number of rotatable bonds is 0. The number of halogens is 1. The molecule has 0 aromatic rings. The predicted octanol–water partition coefficient (Wildman–Crippen LogP) is 1.08. The molecule has 0 unspecified atom stereocenters. The van der Waals surface area contributed by atoms with Crippen LogP contribution in [0.5, 0.6) is 0 Å². The van der Waals surface area contributed by atoms with Gasteiger partial charge in [0.05, 0.1) is 0 Å². The number of hydrogen-bond acceptors (Lipinski definition) is 0. The SMILES string of the molecule is C1=C[IH][BiH][CH]=C1. The fraction of sp³-hybridized carbons (Fsp3) is 0. The van der Waals surface area contributed by atoms with Gasteiger partial charge in [-0.25, -0.2) is 0 Å². The van der Waals surface area contributed by atoms with Gasteiger partial charge >= 0.3 is 55.7 Å². The maximum absolute atomic E-state index is 2.43. The molecule has 0 fully saturated rings.